The monoisotopic (exact) mass is 287 g/mol. The van der Waals surface area contributed by atoms with Gasteiger partial charge >= 0.3 is 0 Å². The van der Waals surface area contributed by atoms with Crippen LogP contribution in [-0.2, 0) is 10.2 Å². The molecular formula is C17H25N3O. The summed E-state index contributed by atoms with van der Waals surface area (Å²) in [5.41, 5.74) is 6.52. The number of rotatable bonds is 5. The minimum Gasteiger partial charge on any atom is -0.353 e. The van der Waals surface area contributed by atoms with E-state index in [1.165, 1.54) is 5.56 Å². The van der Waals surface area contributed by atoms with E-state index in [1.54, 1.807) is 0 Å². The second kappa shape index (κ2) is 6.16. The largest absolute Gasteiger partial charge is 0.353 e. The summed E-state index contributed by atoms with van der Waals surface area (Å²) in [6.07, 6.45) is 4.04. The maximum absolute atomic E-state index is 12.7. The first kappa shape index (κ1) is 14.5. The number of benzene rings is 1. The lowest BCUT2D eigenvalue weighted by atomic mass is 9.94. The second-order valence-corrected chi connectivity index (χ2v) is 6.33. The smallest absolute Gasteiger partial charge is 0.230 e. The van der Waals surface area contributed by atoms with E-state index in [4.69, 9.17) is 5.73 Å². The van der Waals surface area contributed by atoms with E-state index < -0.39 is 0 Å². The van der Waals surface area contributed by atoms with Crippen LogP contribution in [0.15, 0.2) is 30.3 Å². The van der Waals surface area contributed by atoms with Crippen molar-refractivity contribution in [2.75, 3.05) is 26.2 Å². The molecule has 1 aromatic carbocycles. The van der Waals surface area contributed by atoms with E-state index in [-0.39, 0.29) is 11.3 Å². The lowest BCUT2D eigenvalue weighted by Gasteiger charge is -2.32. The summed E-state index contributed by atoms with van der Waals surface area (Å²) in [5.74, 6) is 0.228. The van der Waals surface area contributed by atoms with Gasteiger partial charge < -0.3 is 16.0 Å². The zero-order valence-electron chi connectivity index (χ0n) is 12.6. The number of carbonyl (C=O) groups is 1. The summed E-state index contributed by atoms with van der Waals surface area (Å²) >= 11 is 0. The third-order valence-electron chi connectivity index (χ3n) is 4.88. The van der Waals surface area contributed by atoms with Crippen LogP contribution in [0.2, 0.25) is 0 Å². The summed E-state index contributed by atoms with van der Waals surface area (Å²) in [4.78, 5) is 15.0. The number of nitrogens with one attached hydrogen (secondary N) is 1. The van der Waals surface area contributed by atoms with Gasteiger partial charge in [-0.1, -0.05) is 30.3 Å². The van der Waals surface area contributed by atoms with Crippen LogP contribution < -0.4 is 11.1 Å². The molecule has 4 heteroatoms. The van der Waals surface area contributed by atoms with Crippen LogP contribution >= 0.6 is 0 Å². The SMILES string of the molecule is NCCN1CCC(NC(=O)C2(c3ccccc3)CC2)CC1. The fraction of sp³-hybridized carbons (Fsp3) is 0.588. The molecule has 1 amide bonds. The predicted molar refractivity (Wildman–Crippen MR) is 84.0 cm³/mol. The van der Waals surface area contributed by atoms with Crippen LogP contribution in [0.3, 0.4) is 0 Å². The number of piperidine rings is 1. The number of hydrogen-bond acceptors (Lipinski definition) is 3. The third kappa shape index (κ3) is 3.11. The Bertz CT molecular complexity index is 476. The average molecular weight is 287 g/mol. The number of likely N-dealkylation sites (tertiary alicyclic amines) is 1. The zero-order valence-corrected chi connectivity index (χ0v) is 12.6. The van der Waals surface area contributed by atoms with Crippen molar-refractivity contribution in [2.24, 2.45) is 5.73 Å². The van der Waals surface area contributed by atoms with Gasteiger partial charge in [-0.2, -0.15) is 0 Å². The molecular weight excluding hydrogens is 262 g/mol. The number of amides is 1. The predicted octanol–water partition coefficient (Wildman–Crippen LogP) is 1.26. The van der Waals surface area contributed by atoms with Crippen molar-refractivity contribution in [1.29, 1.82) is 0 Å². The van der Waals surface area contributed by atoms with Crippen molar-refractivity contribution < 1.29 is 4.79 Å². The van der Waals surface area contributed by atoms with Crippen molar-refractivity contribution in [3.63, 3.8) is 0 Å². The standard InChI is InChI=1S/C17H25N3O/c18-10-13-20-11-6-15(7-12-20)19-16(21)17(8-9-17)14-4-2-1-3-5-14/h1-5,15H,6-13,18H2,(H,19,21). The first-order chi connectivity index (χ1) is 10.2. The van der Waals surface area contributed by atoms with Gasteiger partial charge in [0.25, 0.3) is 0 Å². The van der Waals surface area contributed by atoms with Crippen LogP contribution in [-0.4, -0.2) is 43.0 Å². The first-order valence-electron chi connectivity index (χ1n) is 8.03. The highest BCUT2D eigenvalue weighted by atomic mass is 16.2. The molecule has 0 atom stereocenters. The van der Waals surface area contributed by atoms with Gasteiger partial charge in [-0.05, 0) is 31.2 Å². The lowest BCUT2D eigenvalue weighted by molar-refractivity contribution is -0.124. The Morgan fingerprint density at radius 2 is 1.90 bits per heavy atom. The Hall–Kier alpha value is -1.39. The van der Waals surface area contributed by atoms with Crippen LogP contribution in [0.5, 0.6) is 0 Å². The number of nitrogens with zero attached hydrogens (tertiary/aromatic N) is 1. The highest BCUT2D eigenvalue weighted by molar-refractivity contribution is 5.91. The maximum atomic E-state index is 12.7. The topological polar surface area (TPSA) is 58.4 Å². The number of carbonyl (C=O) groups excluding carboxylic acids is 1. The van der Waals surface area contributed by atoms with Gasteiger partial charge in [0.15, 0.2) is 0 Å². The lowest BCUT2D eigenvalue weighted by Crippen LogP contribution is -2.48. The van der Waals surface area contributed by atoms with Crippen molar-refractivity contribution in [3.05, 3.63) is 35.9 Å². The van der Waals surface area contributed by atoms with Gasteiger partial charge in [-0.25, -0.2) is 0 Å². The average Bonchev–Trinajstić information content (AvgIpc) is 3.32. The molecule has 0 radical (unpaired) electrons. The van der Waals surface area contributed by atoms with E-state index in [1.807, 2.05) is 18.2 Å². The van der Waals surface area contributed by atoms with Crippen molar-refractivity contribution in [3.8, 4) is 0 Å². The zero-order chi connectivity index (χ0) is 14.7. The normalized spacial score (nSPS) is 22.0. The summed E-state index contributed by atoms with van der Waals surface area (Å²) in [5, 5.41) is 3.29. The second-order valence-electron chi connectivity index (χ2n) is 6.33. The molecule has 4 nitrogen and oxygen atoms in total. The van der Waals surface area contributed by atoms with Crippen LogP contribution in [0, 0.1) is 0 Å². The molecule has 1 aliphatic heterocycles. The molecule has 0 bridgehead atoms. The summed E-state index contributed by atoms with van der Waals surface area (Å²) in [6, 6.07) is 10.5. The molecule has 2 fully saturated rings. The van der Waals surface area contributed by atoms with Crippen molar-refractivity contribution in [1.82, 2.24) is 10.2 Å². The maximum Gasteiger partial charge on any atom is 0.230 e. The first-order valence-corrected chi connectivity index (χ1v) is 8.03. The molecule has 21 heavy (non-hydrogen) atoms. The molecule has 0 aromatic heterocycles. The molecule has 1 heterocycles. The van der Waals surface area contributed by atoms with E-state index in [0.29, 0.717) is 12.6 Å². The van der Waals surface area contributed by atoms with Gasteiger partial charge in [0.2, 0.25) is 5.91 Å². The van der Waals surface area contributed by atoms with Gasteiger partial charge in [0.1, 0.15) is 0 Å². The molecule has 0 unspecified atom stereocenters. The van der Waals surface area contributed by atoms with Crippen LogP contribution in [0.4, 0.5) is 0 Å². The van der Waals surface area contributed by atoms with Gasteiger partial charge in [-0.15, -0.1) is 0 Å². The van der Waals surface area contributed by atoms with Gasteiger partial charge in [-0.3, -0.25) is 4.79 Å². The number of nitrogens with two attached hydrogens (primary N) is 1. The fourth-order valence-corrected chi connectivity index (χ4v) is 3.34. The van der Waals surface area contributed by atoms with Gasteiger partial charge in [0.05, 0.1) is 5.41 Å². The van der Waals surface area contributed by atoms with E-state index in [2.05, 4.69) is 22.3 Å². The highest BCUT2D eigenvalue weighted by Gasteiger charge is 2.51. The molecule has 3 rings (SSSR count). The summed E-state index contributed by atoms with van der Waals surface area (Å²) in [6.45, 7) is 3.77. The minimum atomic E-state index is -0.240. The molecule has 2 aliphatic rings. The van der Waals surface area contributed by atoms with Gasteiger partial charge in [0, 0.05) is 32.2 Å². The Morgan fingerprint density at radius 3 is 2.48 bits per heavy atom. The molecule has 3 N–H and O–H groups in total. The Balaban J connectivity index is 1.56. The molecule has 1 saturated heterocycles. The molecule has 1 aliphatic carbocycles. The highest BCUT2D eigenvalue weighted by Crippen LogP contribution is 2.48. The van der Waals surface area contributed by atoms with E-state index in [9.17, 15) is 4.79 Å². The summed E-state index contributed by atoms with van der Waals surface area (Å²) < 4.78 is 0. The molecule has 114 valence electrons. The summed E-state index contributed by atoms with van der Waals surface area (Å²) in [7, 11) is 0. The van der Waals surface area contributed by atoms with E-state index in [0.717, 1.165) is 45.3 Å². The number of hydrogen-bond donors (Lipinski definition) is 2. The minimum absolute atomic E-state index is 0.228. The third-order valence-corrected chi connectivity index (χ3v) is 4.88. The van der Waals surface area contributed by atoms with Crippen molar-refractivity contribution >= 4 is 5.91 Å². The fourth-order valence-electron chi connectivity index (χ4n) is 3.34. The molecule has 1 aromatic rings. The quantitative estimate of drug-likeness (QED) is 0.857. The molecule has 0 spiro atoms. The Morgan fingerprint density at radius 1 is 1.24 bits per heavy atom. The molecule has 1 saturated carbocycles. The van der Waals surface area contributed by atoms with Crippen LogP contribution in [0.25, 0.3) is 0 Å². The Kier molecular flexibility index (Phi) is 4.27. The van der Waals surface area contributed by atoms with E-state index >= 15 is 0 Å². The van der Waals surface area contributed by atoms with Crippen molar-refractivity contribution in [2.45, 2.75) is 37.1 Å². The van der Waals surface area contributed by atoms with Crippen LogP contribution in [0.1, 0.15) is 31.2 Å². The Labute approximate surface area is 126 Å².